The van der Waals surface area contributed by atoms with E-state index in [0.717, 1.165) is 0 Å². The van der Waals surface area contributed by atoms with Crippen LogP contribution in [0.1, 0.15) is 18.2 Å². The molecule has 2 heterocycles. The zero-order chi connectivity index (χ0) is 22.3. The summed E-state index contributed by atoms with van der Waals surface area (Å²) in [5.41, 5.74) is 5.77. The Kier molecular flexibility index (Phi) is 5.02. The smallest absolute Gasteiger partial charge is 0.337 e. The quantitative estimate of drug-likeness (QED) is 0.529. The van der Waals surface area contributed by atoms with E-state index in [1.807, 2.05) is 0 Å². The van der Waals surface area contributed by atoms with Gasteiger partial charge in [-0.1, -0.05) is 24.3 Å². The molecule has 1 aromatic heterocycles. The van der Waals surface area contributed by atoms with Crippen LogP contribution in [-0.4, -0.2) is 61.7 Å². The van der Waals surface area contributed by atoms with Gasteiger partial charge >= 0.3 is 11.9 Å². The van der Waals surface area contributed by atoms with Crippen LogP contribution in [-0.2, 0) is 34.0 Å². The Hall–Kier alpha value is -3.66. The Labute approximate surface area is 177 Å². The van der Waals surface area contributed by atoms with E-state index in [9.17, 15) is 14.4 Å². The zero-order valence-electron chi connectivity index (χ0n) is 17.3. The summed E-state index contributed by atoms with van der Waals surface area (Å²) in [4.78, 5) is 44.6. The first kappa shape index (κ1) is 20.6. The van der Waals surface area contributed by atoms with Gasteiger partial charge in [0.05, 0.1) is 19.3 Å². The molecular formula is C21H21N3O7. The number of benzene rings is 1. The lowest BCUT2D eigenvalue weighted by Gasteiger charge is -2.26. The number of rotatable bonds is 6. The fourth-order valence-corrected chi connectivity index (χ4v) is 4.22. The maximum Gasteiger partial charge on any atom is 0.337 e. The number of anilines is 1. The molecule has 1 aliphatic carbocycles. The van der Waals surface area contributed by atoms with Gasteiger partial charge in [0.25, 0.3) is 6.01 Å². The van der Waals surface area contributed by atoms with Gasteiger partial charge < -0.3 is 29.3 Å². The number of esters is 2. The van der Waals surface area contributed by atoms with Crippen LogP contribution in [0.3, 0.4) is 0 Å². The Morgan fingerprint density at radius 1 is 1.23 bits per heavy atom. The number of nitrogens with zero attached hydrogens (tertiary/aromatic N) is 2. The van der Waals surface area contributed by atoms with Crippen LogP contribution < -0.4 is 5.73 Å². The summed E-state index contributed by atoms with van der Waals surface area (Å²) in [7, 11) is 2.70. The predicted molar refractivity (Wildman–Crippen MR) is 106 cm³/mol. The average Bonchev–Trinajstić information content (AvgIpc) is 3.33. The number of hydrogen-bond acceptors (Lipinski definition) is 9. The number of ether oxygens (including phenoxy) is 3. The van der Waals surface area contributed by atoms with Crippen molar-refractivity contribution in [2.75, 3.05) is 39.7 Å². The molecule has 0 radical (unpaired) electrons. The first-order chi connectivity index (χ1) is 14.9. The molecule has 162 valence electrons. The normalized spacial score (nSPS) is 19.1. The molecule has 1 aliphatic heterocycles. The number of hydrogen-bond donors (Lipinski definition) is 1. The van der Waals surface area contributed by atoms with E-state index in [2.05, 4.69) is 4.98 Å². The van der Waals surface area contributed by atoms with Crippen LogP contribution >= 0.6 is 0 Å². The van der Waals surface area contributed by atoms with E-state index >= 15 is 0 Å². The molecule has 10 nitrogen and oxygen atoms in total. The molecule has 0 fully saturated rings. The van der Waals surface area contributed by atoms with Gasteiger partial charge in [0.1, 0.15) is 18.8 Å². The molecule has 2 aliphatic rings. The number of carbonyl (C=O) groups is 3. The largest absolute Gasteiger partial charge is 0.468 e. The third kappa shape index (κ3) is 2.82. The standard InChI is InChI=1S/C21H21N3O7/c1-11-15(18(26)30-9-8-28-2)21(19(27)24(11)10-14(25)29-3)13-7-5-4-6-12(13)16-17(21)23-20(22)31-16/h4-7H,8-10H2,1-3H3,(H2,22,23)/t21-/m0/s1. The van der Waals surface area contributed by atoms with E-state index in [1.165, 1.54) is 19.1 Å². The van der Waals surface area contributed by atoms with Crippen molar-refractivity contribution >= 4 is 23.9 Å². The van der Waals surface area contributed by atoms with Gasteiger partial charge in [-0.3, -0.25) is 9.59 Å². The number of methoxy groups -OCH3 is 2. The molecule has 1 atom stereocenters. The highest BCUT2D eigenvalue weighted by molar-refractivity contribution is 6.14. The molecule has 0 saturated carbocycles. The molecule has 0 saturated heterocycles. The molecule has 1 spiro atoms. The highest BCUT2D eigenvalue weighted by Gasteiger charge is 2.63. The molecule has 2 aromatic rings. The maximum absolute atomic E-state index is 13.9. The summed E-state index contributed by atoms with van der Waals surface area (Å²) in [6.07, 6.45) is 0. The Morgan fingerprint density at radius 2 is 1.97 bits per heavy atom. The van der Waals surface area contributed by atoms with Crippen LogP contribution in [0.25, 0.3) is 11.3 Å². The van der Waals surface area contributed by atoms with E-state index in [0.29, 0.717) is 16.9 Å². The molecule has 1 aromatic carbocycles. The molecule has 2 N–H and O–H groups in total. The molecular weight excluding hydrogens is 406 g/mol. The summed E-state index contributed by atoms with van der Waals surface area (Å²) in [5, 5.41) is 0. The summed E-state index contributed by atoms with van der Waals surface area (Å²) < 4.78 is 20.7. The van der Waals surface area contributed by atoms with Crippen molar-refractivity contribution in [1.29, 1.82) is 0 Å². The fraction of sp³-hybridized carbons (Fsp3) is 0.333. The second-order valence-electron chi connectivity index (χ2n) is 7.08. The minimum atomic E-state index is -1.64. The summed E-state index contributed by atoms with van der Waals surface area (Å²) >= 11 is 0. The minimum absolute atomic E-state index is 0.0111. The molecule has 10 heteroatoms. The number of nitrogens with two attached hydrogens (primary N) is 1. The lowest BCUT2D eigenvalue weighted by Crippen LogP contribution is -2.43. The van der Waals surface area contributed by atoms with Crippen LogP contribution in [0.5, 0.6) is 0 Å². The van der Waals surface area contributed by atoms with Crippen molar-refractivity contribution in [3.8, 4) is 11.3 Å². The number of aromatic nitrogens is 1. The third-order valence-corrected chi connectivity index (χ3v) is 5.52. The maximum atomic E-state index is 13.9. The van der Waals surface area contributed by atoms with Gasteiger partial charge in [-0.05, 0) is 12.5 Å². The van der Waals surface area contributed by atoms with E-state index in [1.54, 1.807) is 31.2 Å². The number of fused-ring (bicyclic) bond motifs is 5. The average molecular weight is 427 g/mol. The molecule has 31 heavy (non-hydrogen) atoms. The van der Waals surface area contributed by atoms with Gasteiger partial charge in [0, 0.05) is 18.4 Å². The van der Waals surface area contributed by atoms with E-state index < -0.39 is 23.3 Å². The van der Waals surface area contributed by atoms with Crippen LogP contribution in [0, 0.1) is 0 Å². The summed E-state index contributed by atoms with van der Waals surface area (Å²) in [5.74, 6) is -1.59. The van der Waals surface area contributed by atoms with E-state index in [-0.39, 0.29) is 42.7 Å². The lowest BCUT2D eigenvalue weighted by molar-refractivity contribution is -0.146. The van der Waals surface area contributed by atoms with Gasteiger partial charge in [-0.25, -0.2) is 4.79 Å². The van der Waals surface area contributed by atoms with Gasteiger partial charge in [-0.2, -0.15) is 4.98 Å². The third-order valence-electron chi connectivity index (χ3n) is 5.52. The number of carbonyl (C=O) groups excluding carboxylic acids is 3. The molecule has 0 unspecified atom stereocenters. The van der Waals surface area contributed by atoms with Gasteiger partial charge in [-0.15, -0.1) is 0 Å². The number of nitrogen functional groups attached to an aromatic ring is 1. The van der Waals surface area contributed by atoms with Crippen molar-refractivity contribution in [1.82, 2.24) is 9.88 Å². The van der Waals surface area contributed by atoms with E-state index in [4.69, 9.17) is 24.4 Å². The first-order valence-corrected chi connectivity index (χ1v) is 9.50. The number of oxazole rings is 1. The summed E-state index contributed by atoms with van der Waals surface area (Å²) in [6.45, 7) is 1.38. The SMILES string of the molecule is COCCOC(=O)C1=C(C)N(CC(=O)OC)C(=O)[C@@]12c1ccccc1-c1oc(N)nc12. The molecule has 0 bridgehead atoms. The van der Waals surface area contributed by atoms with Crippen LogP contribution in [0.4, 0.5) is 6.01 Å². The number of allylic oxidation sites excluding steroid dienone is 1. The van der Waals surface area contributed by atoms with Crippen molar-refractivity contribution in [3.63, 3.8) is 0 Å². The van der Waals surface area contributed by atoms with Crippen LogP contribution in [0.2, 0.25) is 0 Å². The van der Waals surface area contributed by atoms with Crippen LogP contribution in [0.15, 0.2) is 40.0 Å². The topological polar surface area (TPSA) is 134 Å². The van der Waals surface area contributed by atoms with Gasteiger partial charge in [0.2, 0.25) is 5.91 Å². The molecule has 4 rings (SSSR count). The van der Waals surface area contributed by atoms with Crippen molar-refractivity contribution < 1.29 is 33.0 Å². The second-order valence-corrected chi connectivity index (χ2v) is 7.08. The van der Waals surface area contributed by atoms with Gasteiger partial charge in [0.15, 0.2) is 11.2 Å². The lowest BCUT2D eigenvalue weighted by atomic mass is 9.74. The second kappa shape index (κ2) is 7.55. The summed E-state index contributed by atoms with van der Waals surface area (Å²) in [6, 6.07) is 6.86. The van der Waals surface area contributed by atoms with Crippen molar-refractivity contribution in [3.05, 3.63) is 46.8 Å². The van der Waals surface area contributed by atoms with Crippen molar-refractivity contribution in [2.24, 2.45) is 0 Å². The fourth-order valence-electron chi connectivity index (χ4n) is 4.22. The van der Waals surface area contributed by atoms with Crippen molar-refractivity contribution in [2.45, 2.75) is 12.3 Å². The Morgan fingerprint density at radius 3 is 2.68 bits per heavy atom. The Balaban J connectivity index is 1.95. The first-order valence-electron chi connectivity index (χ1n) is 9.50. The minimum Gasteiger partial charge on any atom is -0.468 e. The number of amides is 1. The highest BCUT2D eigenvalue weighted by Crippen LogP contribution is 2.57. The predicted octanol–water partition coefficient (Wildman–Crippen LogP) is 1.00. The monoisotopic (exact) mass is 427 g/mol. The Bertz CT molecular complexity index is 1120. The highest BCUT2D eigenvalue weighted by atomic mass is 16.6. The zero-order valence-corrected chi connectivity index (χ0v) is 17.3. The molecule has 1 amide bonds.